The third kappa shape index (κ3) is 2.25. The second-order valence-corrected chi connectivity index (χ2v) is 6.54. The molecule has 0 atom stereocenters. The van der Waals surface area contributed by atoms with Gasteiger partial charge in [-0.25, -0.2) is 0 Å². The minimum Gasteiger partial charge on any atom is -0.311 e. The summed E-state index contributed by atoms with van der Waals surface area (Å²) in [6, 6.07) is 15.0. The lowest BCUT2D eigenvalue weighted by molar-refractivity contribution is 0.331. The minimum atomic E-state index is 0.638. The largest absolute Gasteiger partial charge is 0.311 e. The summed E-state index contributed by atoms with van der Waals surface area (Å²) in [5, 5.41) is 6.88. The first kappa shape index (κ1) is 12.4. The van der Waals surface area contributed by atoms with E-state index in [9.17, 15) is 0 Å². The van der Waals surface area contributed by atoms with Gasteiger partial charge in [-0.15, -0.1) is 0 Å². The van der Waals surface area contributed by atoms with Crippen molar-refractivity contribution in [1.82, 2.24) is 5.32 Å². The van der Waals surface area contributed by atoms with Gasteiger partial charge in [-0.3, -0.25) is 0 Å². The van der Waals surface area contributed by atoms with Crippen molar-refractivity contribution >= 4 is 10.8 Å². The molecule has 1 N–H and O–H groups in total. The van der Waals surface area contributed by atoms with Crippen LogP contribution in [-0.4, -0.2) is 12.1 Å². The quantitative estimate of drug-likeness (QED) is 0.857. The molecule has 0 unspecified atom stereocenters. The summed E-state index contributed by atoms with van der Waals surface area (Å²) < 4.78 is 0. The Morgan fingerprint density at radius 2 is 1.40 bits per heavy atom. The molecule has 4 rings (SSSR count). The van der Waals surface area contributed by atoms with Crippen molar-refractivity contribution in [2.24, 2.45) is 0 Å². The third-order valence-corrected chi connectivity index (χ3v) is 5.09. The first-order valence-corrected chi connectivity index (χ1v) is 8.16. The molecule has 104 valence electrons. The van der Waals surface area contributed by atoms with E-state index in [4.69, 9.17) is 0 Å². The lowest BCUT2D eigenvalue weighted by Crippen LogP contribution is -2.43. The van der Waals surface area contributed by atoms with Gasteiger partial charge in [-0.05, 0) is 47.6 Å². The fourth-order valence-corrected chi connectivity index (χ4v) is 4.17. The molecule has 2 aliphatic carbocycles. The van der Waals surface area contributed by atoms with E-state index in [-0.39, 0.29) is 0 Å². The van der Waals surface area contributed by atoms with Gasteiger partial charge < -0.3 is 5.32 Å². The summed E-state index contributed by atoms with van der Waals surface area (Å²) in [6.45, 7) is 0. The number of rotatable bonds is 2. The summed E-state index contributed by atoms with van der Waals surface area (Å²) in [6.07, 6.45) is 9.42. The Bertz CT molecular complexity index is 569. The molecule has 0 radical (unpaired) electrons. The molecule has 2 aromatic carbocycles. The zero-order valence-corrected chi connectivity index (χ0v) is 12.1. The molecule has 0 amide bonds. The Balaban J connectivity index is 1.59. The van der Waals surface area contributed by atoms with Crippen LogP contribution >= 0.6 is 0 Å². The zero-order chi connectivity index (χ0) is 13.4. The van der Waals surface area contributed by atoms with Gasteiger partial charge in [-0.2, -0.15) is 0 Å². The van der Waals surface area contributed by atoms with Gasteiger partial charge in [0, 0.05) is 12.1 Å². The highest BCUT2D eigenvalue weighted by molar-refractivity contribution is 5.89. The average Bonchev–Trinajstić information content (AvgIpc) is 2.49. The van der Waals surface area contributed by atoms with Gasteiger partial charge in [-0.1, -0.05) is 55.7 Å². The van der Waals surface area contributed by atoms with Crippen molar-refractivity contribution in [3.8, 4) is 0 Å². The van der Waals surface area contributed by atoms with Gasteiger partial charge >= 0.3 is 0 Å². The smallest absolute Gasteiger partial charge is 0.0151 e. The Labute approximate surface area is 121 Å². The van der Waals surface area contributed by atoms with Crippen molar-refractivity contribution in [2.45, 2.75) is 57.0 Å². The summed E-state index contributed by atoms with van der Waals surface area (Å²) in [5.74, 6) is 0. The maximum absolute atomic E-state index is 3.94. The van der Waals surface area contributed by atoms with E-state index in [2.05, 4.69) is 41.7 Å². The second-order valence-electron chi connectivity index (χ2n) is 6.54. The van der Waals surface area contributed by atoms with E-state index in [1.54, 1.807) is 0 Å². The number of nitrogens with one attached hydrogen (secondary N) is 1. The van der Waals surface area contributed by atoms with Crippen LogP contribution in [0.25, 0.3) is 10.8 Å². The van der Waals surface area contributed by atoms with Crippen LogP contribution in [-0.2, 0) is 12.8 Å². The molecule has 0 spiro atoms. The minimum absolute atomic E-state index is 0.638. The molecular weight excluding hydrogens is 242 g/mol. The maximum atomic E-state index is 3.94. The first-order valence-electron chi connectivity index (χ1n) is 8.16. The number of hydrogen-bond donors (Lipinski definition) is 1. The number of benzene rings is 2. The summed E-state index contributed by atoms with van der Waals surface area (Å²) >= 11 is 0. The van der Waals surface area contributed by atoms with E-state index < -0.39 is 0 Å². The van der Waals surface area contributed by atoms with Crippen LogP contribution in [0.4, 0.5) is 0 Å². The Kier molecular flexibility index (Phi) is 3.23. The van der Waals surface area contributed by atoms with Crippen LogP contribution in [0.15, 0.2) is 36.4 Å². The van der Waals surface area contributed by atoms with Crippen molar-refractivity contribution < 1.29 is 0 Å². The molecule has 1 saturated carbocycles. The van der Waals surface area contributed by atoms with Crippen LogP contribution in [0.3, 0.4) is 0 Å². The fourth-order valence-electron chi connectivity index (χ4n) is 4.17. The maximum Gasteiger partial charge on any atom is 0.0151 e. The summed E-state index contributed by atoms with van der Waals surface area (Å²) in [5.41, 5.74) is 3.08. The molecule has 20 heavy (non-hydrogen) atoms. The molecule has 2 aliphatic rings. The molecule has 0 heterocycles. The first-order chi connectivity index (χ1) is 9.90. The lowest BCUT2D eigenvalue weighted by atomic mass is 9.84. The second kappa shape index (κ2) is 5.21. The van der Waals surface area contributed by atoms with Crippen molar-refractivity contribution in [1.29, 1.82) is 0 Å². The normalized spacial score (nSPS) is 20.4. The van der Waals surface area contributed by atoms with E-state index in [1.807, 2.05) is 0 Å². The molecule has 0 bridgehead atoms. The van der Waals surface area contributed by atoms with Gasteiger partial charge in [0.25, 0.3) is 0 Å². The van der Waals surface area contributed by atoms with E-state index >= 15 is 0 Å². The van der Waals surface area contributed by atoms with Crippen molar-refractivity contribution in [2.75, 3.05) is 0 Å². The van der Waals surface area contributed by atoms with E-state index in [1.165, 1.54) is 66.8 Å². The predicted octanol–water partition coefficient (Wildman–Crippen LogP) is 4.23. The Morgan fingerprint density at radius 1 is 0.750 bits per heavy atom. The summed E-state index contributed by atoms with van der Waals surface area (Å²) in [4.78, 5) is 0. The molecule has 0 aromatic heterocycles. The topological polar surface area (TPSA) is 12.0 Å². The average molecular weight is 265 g/mol. The zero-order valence-electron chi connectivity index (χ0n) is 12.1. The summed E-state index contributed by atoms with van der Waals surface area (Å²) in [7, 11) is 0. The monoisotopic (exact) mass is 265 g/mol. The van der Waals surface area contributed by atoms with Crippen LogP contribution in [0.2, 0.25) is 0 Å². The predicted molar refractivity (Wildman–Crippen MR) is 85.2 cm³/mol. The standard InChI is InChI=1S/C19H23N/c1-2-10-17(11-3-1)20-18-12-15-8-4-6-14-7-5-9-16(13-18)19(14)15/h4-9,17-18,20H,1-3,10-13H2. The van der Waals surface area contributed by atoms with Gasteiger partial charge in [0.05, 0.1) is 0 Å². The van der Waals surface area contributed by atoms with Crippen LogP contribution < -0.4 is 5.32 Å². The lowest BCUT2D eigenvalue weighted by Gasteiger charge is -2.32. The molecule has 0 saturated heterocycles. The van der Waals surface area contributed by atoms with E-state index in [0.29, 0.717) is 6.04 Å². The molecule has 1 heteroatoms. The molecular formula is C19H23N. The number of hydrogen-bond acceptors (Lipinski definition) is 1. The van der Waals surface area contributed by atoms with Gasteiger partial charge in [0.15, 0.2) is 0 Å². The Hall–Kier alpha value is -1.34. The van der Waals surface area contributed by atoms with Crippen LogP contribution in [0.5, 0.6) is 0 Å². The van der Waals surface area contributed by atoms with Crippen LogP contribution in [0, 0.1) is 0 Å². The SMILES string of the molecule is c1cc2c3c(cccc3c1)CC(NC1CCCCC1)C2. The fraction of sp³-hybridized carbons (Fsp3) is 0.474. The highest BCUT2D eigenvalue weighted by Crippen LogP contribution is 2.30. The molecule has 2 aromatic rings. The van der Waals surface area contributed by atoms with Gasteiger partial charge in [0.2, 0.25) is 0 Å². The Morgan fingerprint density at radius 3 is 2.05 bits per heavy atom. The third-order valence-electron chi connectivity index (χ3n) is 5.09. The highest BCUT2D eigenvalue weighted by atomic mass is 14.9. The molecule has 1 fully saturated rings. The highest BCUT2D eigenvalue weighted by Gasteiger charge is 2.23. The van der Waals surface area contributed by atoms with E-state index in [0.717, 1.165) is 6.04 Å². The molecule has 1 nitrogen and oxygen atoms in total. The molecule has 0 aliphatic heterocycles. The van der Waals surface area contributed by atoms with Crippen molar-refractivity contribution in [3.63, 3.8) is 0 Å². The van der Waals surface area contributed by atoms with Crippen molar-refractivity contribution in [3.05, 3.63) is 47.5 Å². The van der Waals surface area contributed by atoms with Gasteiger partial charge in [0.1, 0.15) is 0 Å². The van der Waals surface area contributed by atoms with Crippen LogP contribution in [0.1, 0.15) is 43.2 Å².